The van der Waals surface area contributed by atoms with Gasteiger partial charge in [0.25, 0.3) is 0 Å². The first-order valence-electron chi connectivity index (χ1n) is 22.6. The molecule has 306 valence electrons. The number of aromatic nitrogens is 2. The maximum atomic E-state index is 5.79. The summed E-state index contributed by atoms with van der Waals surface area (Å²) in [5.41, 5.74) is 14.8. The van der Waals surface area contributed by atoms with Crippen molar-refractivity contribution < 1.29 is 0 Å². The molecule has 13 aromatic rings. The molecule has 2 heterocycles. The van der Waals surface area contributed by atoms with E-state index < -0.39 is 0 Å². The lowest BCUT2D eigenvalue weighted by Crippen LogP contribution is -1.97. The van der Waals surface area contributed by atoms with Crippen LogP contribution in [-0.4, -0.2) is 9.97 Å². The first kappa shape index (κ1) is 37.8. The van der Waals surface area contributed by atoms with Crippen LogP contribution in [0.15, 0.2) is 243 Å². The summed E-state index contributed by atoms with van der Waals surface area (Å²) in [5, 5.41) is 11.7. The van der Waals surface area contributed by atoms with E-state index in [1.807, 2.05) is 0 Å². The summed E-state index contributed by atoms with van der Waals surface area (Å²) >= 11 is 0. The van der Waals surface area contributed by atoms with E-state index in [-0.39, 0.29) is 0 Å². The molecule has 2 nitrogen and oxygen atoms in total. The number of hydrogen-bond acceptors (Lipinski definition) is 2. The SMILES string of the molecule is c1ccc(-c2cc(-c3ccc4ccccc4c3-c3ccc4ccccc4c3)nc3c2ccc2c(-c4ccccc4)cc(-c4ccc5ccccc5c4-c4ccc5ccccc5c4)nc23)cc1. The van der Waals surface area contributed by atoms with Crippen LogP contribution in [0.3, 0.4) is 0 Å². The second-order valence-corrected chi connectivity index (χ2v) is 17.2. The average Bonchev–Trinajstić information content (AvgIpc) is 3.39. The molecular formula is C64H40N2. The standard InChI is InChI=1S/C64H40N2/c1-3-17-43(18-4-1)57-39-59(55-33-31-45-21-11-13-25-51(45)61(55)49-29-27-41-15-7-9-23-47(41)37-49)65-63-53(57)35-36-54-58(44-19-5-2-6-20-44)40-60(66-64(54)63)56-34-32-46-22-12-14-26-52(46)62(56)50-30-28-42-16-8-10-24-48(42)38-50/h1-40H. The maximum absolute atomic E-state index is 5.79. The number of nitrogens with zero attached hydrogens (tertiary/aromatic N) is 2. The molecule has 11 aromatic carbocycles. The van der Waals surface area contributed by atoms with Crippen LogP contribution in [0.5, 0.6) is 0 Å². The molecule has 0 bridgehead atoms. The van der Waals surface area contributed by atoms with Gasteiger partial charge in [-0.25, -0.2) is 9.97 Å². The molecule has 0 amide bonds. The van der Waals surface area contributed by atoms with Gasteiger partial charge in [0.05, 0.1) is 22.4 Å². The van der Waals surface area contributed by atoms with Crippen molar-refractivity contribution in [1.29, 1.82) is 0 Å². The minimum atomic E-state index is 0.869. The quantitative estimate of drug-likeness (QED) is 0.156. The average molecular weight is 837 g/mol. The molecule has 0 saturated heterocycles. The Hall–Kier alpha value is -8.72. The highest BCUT2D eigenvalue weighted by Crippen LogP contribution is 2.45. The van der Waals surface area contributed by atoms with Gasteiger partial charge in [-0.3, -0.25) is 0 Å². The van der Waals surface area contributed by atoms with Crippen molar-refractivity contribution in [2.24, 2.45) is 0 Å². The topological polar surface area (TPSA) is 25.8 Å². The molecule has 0 aliphatic heterocycles. The van der Waals surface area contributed by atoms with E-state index in [1.165, 1.54) is 54.2 Å². The summed E-state index contributed by atoms with van der Waals surface area (Å²) in [6, 6.07) is 87.9. The minimum absolute atomic E-state index is 0.869. The molecule has 0 N–H and O–H groups in total. The molecule has 66 heavy (non-hydrogen) atoms. The molecule has 2 heteroatoms. The third-order valence-electron chi connectivity index (χ3n) is 13.4. The smallest absolute Gasteiger partial charge is 0.0978 e. The zero-order valence-electron chi connectivity index (χ0n) is 36.0. The van der Waals surface area contributed by atoms with E-state index in [0.29, 0.717) is 0 Å². The van der Waals surface area contributed by atoms with Crippen molar-refractivity contribution in [3.05, 3.63) is 243 Å². The third-order valence-corrected chi connectivity index (χ3v) is 13.4. The first-order valence-corrected chi connectivity index (χ1v) is 22.6. The summed E-state index contributed by atoms with van der Waals surface area (Å²) in [5.74, 6) is 0. The van der Waals surface area contributed by atoms with E-state index >= 15 is 0 Å². The Kier molecular flexibility index (Phi) is 8.89. The van der Waals surface area contributed by atoms with Crippen LogP contribution in [0.25, 0.3) is 132 Å². The molecule has 0 fully saturated rings. The minimum Gasteiger partial charge on any atom is -0.245 e. The molecule has 0 aliphatic carbocycles. The number of fused-ring (bicyclic) bond motifs is 7. The van der Waals surface area contributed by atoms with Gasteiger partial charge in [-0.05, 0) is 112 Å². The molecule has 2 aromatic heterocycles. The summed E-state index contributed by atoms with van der Waals surface area (Å²) < 4.78 is 0. The van der Waals surface area contributed by atoms with Crippen molar-refractivity contribution in [2.45, 2.75) is 0 Å². The zero-order valence-corrected chi connectivity index (χ0v) is 36.0. The Morgan fingerprint density at radius 3 is 1.02 bits per heavy atom. The molecule has 0 aliphatic rings. The van der Waals surface area contributed by atoms with Crippen molar-refractivity contribution in [3.63, 3.8) is 0 Å². The normalized spacial score (nSPS) is 11.6. The van der Waals surface area contributed by atoms with Crippen molar-refractivity contribution >= 4 is 64.9 Å². The number of hydrogen-bond donors (Lipinski definition) is 0. The second kappa shape index (κ2) is 15.5. The van der Waals surface area contributed by atoms with Gasteiger partial charge in [0.2, 0.25) is 0 Å². The number of rotatable bonds is 6. The molecule has 0 unspecified atom stereocenters. The van der Waals surface area contributed by atoms with Crippen molar-refractivity contribution in [3.8, 4) is 67.0 Å². The summed E-state index contributed by atoms with van der Waals surface area (Å²) in [4.78, 5) is 11.6. The van der Waals surface area contributed by atoms with Crippen LogP contribution in [-0.2, 0) is 0 Å². The van der Waals surface area contributed by atoms with Gasteiger partial charge in [0.1, 0.15) is 0 Å². The lowest BCUT2D eigenvalue weighted by Gasteiger charge is -2.19. The van der Waals surface area contributed by atoms with Gasteiger partial charge < -0.3 is 0 Å². The fraction of sp³-hybridized carbons (Fsp3) is 0. The van der Waals surface area contributed by atoms with E-state index in [9.17, 15) is 0 Å². The second-order valence-electron chi connectivity index (χ2n) is 17.2. The van der Waals surface area contributed by atoms with Crippen molar-refractivity contribution in [1.82, 2.24) is 9.97 Å². The number of pyridine rings is 2. The van der Waals surface area contributed by atoms with Gasteiger partial charge >= 0.3 is 0 Å². The fourth-order valence-electron chi connectivity index (χ4n) is 10.2. The van der Waals surface area contributed by atoms with Gasteiger partial charge in [-0.2, -0.15) is 0 Å². The Labute approximate surface area is 382 Å². The van der Waals surface area contributed by atoms with Crippen LogP contribution >= 0.6 is 0 Å². The van der Waals surface area contributed by atoms with Crippen molar-refractivity contribution in [2.75, 3.05) is 0 Å². The number of benzene rings is 11. The first-order chi connectivity index (χ1) is 32.7. The summed E-state index contributed by atoms with van der Waals surface area (Å²) in [6.07, 6.45) is 0. The highest BCUT2D eigenvalue weighted by Gasteiger charge is 2.22. The third kappa shape index (κ3) is 6.34. The van der Waals surface area contributed by atoms with Gasteiger partial charge in [-0.15, -0.1) is 0 Å². The van der Waals surface area contributed by atoms with E-state index in [2.05, 4.69) is 243 Å². The van der Waals surface area contributed by atoms with E-state index in [4.69, 9.17) is 9.97 Å². The van der Waals surface area contributed by atoms with Crippen LogP contribution < -0.4 is 0 Å². The lowest BCUT2D eigenvalue weighted by molar-refractivity contribution is 1.37. The van der Waals surface area contributed by atoms with Gasteiger partial charge in [0, 0.05) is 21.9 Å². The van der Waals surface area contributed by atoms with Gasteiger partial charge in [0.15, 0.2) is 0 Å². The Bertz CT molecular complexity index is 3780. The molecule has 0 spiro atoms. The van der Waals surface area contributed by atoms with E-state index in [1.54, 1.807) is 0 Å². The van der Waals surface area contributed by atoms with Gasteiger partial charge in [-0.1, -0.05) is 218 Å². The molecule has 0 radical (unpaired) electrons. The molecule has 13 rings (SSSR count). The zero-order chi connectivity index (χ0) is 43.6. The highest BCUT2D eigenvalue weighted by molar-refractivity contribution is 6.15. The van der Waals surface area contributed by atoms with Crippen LogP contribution in [0, 0.1) is 0 Å². The molecule has 0 saturated carbocycles. The monoisotopic (exact) mass is 836 g/mol. The molecular weight excluding hydrogens is 797 g/mol. The Balaban J connectivity index is 1.14. The Morgan fingerprint density at radius 1 is 0.212 bits per heavy atom. The summed E-state index contributed by atoms with van der Waals surface area (Å²) in [7, 11) is 0. The van der Waals surface area contributed by atoms with E-state index in [0.717, 1.165) is 77.7 Å². The van der Waals surface area contributed by atoms with Crippen LogP contribution in [0.1, 0.15) is 0 Å². The predicted octanol–water partition coefficient (Wildman–Crippen LogP) is 17.4. The van der Waals surface area contributed by atoms with Crippen LogP contribution in [0.4, 0.5) is 0 Å². The lowest BCUT2D eigenvalue weighted by atomic mass is 9.88. The Morgan fingerprint density at radius 2 is 0.576 bits per heavy atom. The van der Waals surface area contributed by atoms with Crippen LogP contribution in [0.2, 0.25) is 0 Å². The largest absolute Gasteiger partial charge is 0.245 e. The molecule has 0 atom stereocenters. The highest BCUT2D eigenvalue weighted by atomic mass is 14.8. The maximum Gasteiger partial charge on any atom is 0.0978 e. The fourth-order valence-corrected chi connectivity index (χ4v) is 10.2. The summed E-state index contributed by atoms with van der Waals surface area (Å²) in [6.45, 7) is 0. The predicted molar refractivity (Wildman–Crippen MR) is 280 cm³/mol.